The number of nitrogens with zero attached hydrogens (tertiary/aromatic N) is 2. The van der Waals surface area contributed by atoms with Gasteiger partial charge < -0.3 is 9.26 Å². The van der Waals surface area contributed by atoms with Crippen LogP contribution in [0.2, 0.25) is 5.02 Å². The van der Waals surface area contributed by atoms with E-state index < -0.39 is 5.97 Å². The van der Waals surface area contributed by atoms with E-state index in [0.29, 0.717) is 15.7 Å². The number of carbonyl (C=O) groups excluding carboxylic acids is 1. The molecule has 102 valence electrons. The maximum absolute atomic E-state index is 12.0. The number of thiophene rings is 1. The summed E-state index contributed by atoms with van der Waals surface area (Å²) in [5.41, 5.74) is 0. The number of carbonyl (C=O) groups is 1. The van der Waals surface area contributed by atoms with E-state index >= 15 is 0 Å². The molecule has 3 aromatic rings. The molecule has 0 radical (unpaired) electrons. The van der Waals surface area contributed by atoms with Gasteiger partial charge in [-0.2, -0.15) is 4.98 Å². The van der Waals surface area contributed by atoms with Gasteiger partial charge in [0.1, 0.15) is 4.88 Å². The molecule has 0 aliphatic rings. The van der Waals surface area contributed by atoms with Crippen molar-refractivity contribution in [2.24, 2.45) is 0 Å². The number of halogens is 1. The number of hydrogen-bond acceptors (Lipinski definition) is 6. The molecule has 2 aromatic heterocycles. The summed E-state index contributed by atoms with van der Waals surface area (Å²) in [5.74, 6) is 0.260. The lowest BCUT2D eigenvalue weighted by Crippen LogP contribution is -2.04. The van der Waals surface area contributed by atoms with E-state index in [-0.39, 0.29) is 12.5 Å². The Bertz CT molecular complexity index is 781. The Hall–Kier alpha value is -1.92. The number of rotatable bonds is 3. The van der Waals surface area contributed by atoms with E-state index in [1.54, 1.807) is 6.92 Å². The van der Waals surface area contributed by atoms with Gasteiger partial charge in [0.25, 0.3) is 5.89 Å². The normalized spacial score (nSPS) is 10.9. The fraction of sp³-hybridized carbons (Fsp3) is 0.154. The first kappa shape index (κ1) is 13.1. The second kappa shape index (κ2) is 5.22. The summed E-state index contributed by atoms with van der Waals surface area (Å²) < 4.78 is 10.9. The highest BCUT2D eigenvalue weighted by molar-refractivity contribution is 7.21. The van der Waals surface area contributed by atoms with E-state index in [9.17, 15) is 4.79 Å². The molecule has 20 heavy (non-hydrogen) atoms. The summed E-state index contributed by atoms with van der Waals surface area (Å²) in [6.07, 6.45) is 0. The van der Waals surface area contributed by atoms with Crippen LogP contribution < -0.4 is 0 Å². The lowest BCUT2D eigenvalue weighted by atomic mass is 10.2. The molecule has 0 aliphatic carbocycles. The van der Waals surface area contributed by atoms with Gasteiger partial charge >= 0.3 is 5.97 Å². The third-order valence-corrected chi connectivity index (χ3v) is 4.27. The van der Waals surface area contributed by atoms with Crippen molar-refractivity contribution in [3.8, 4) is 0 Å². The van der Waals surface area contributed by atoms with Crippen molar-refractivity contribution in [3.63, 3.8) is 0 Å². The predicted molar refractivity (Wildman–Crippen MR) is 75.0 cm³/mol. The molecule has 7 heteroatoms. The number of aromatic nitrogens is 2. The maximum atomic E-state index is 12.0. The molecule has 0 spiro atoms. The van der Waals surface area contributed by atoms with Gasteiger partial charge in [-0.25, -0.2) is 4.79 Å². The molecule has 0 unspecified atom stereocenters. The minimum Gasteiger partial charge on any atom is -0.451 e. The molecule has 0 saturated carbocycles. The number of fused-ring (bicyclic) bond motifs is 1. The largest absolute Gasteiger partial charge is 0.451 e. The molecule has 0 aliphatic heterocycles. The van der Waals surface area contributed by atoms with Crippen LogP contribution in [0.15, 0.2) is 28.8 Å². The van der Waals surface area contributed by atoms with Crippen molar-refractivity contribution >= 4 is 39.0 Å². The summed E-state index contributed by atoms with van der Waals surface area (Å²) in [6.45, 7) is 1.63. The number of ether oxygens (including phenoxy) is 1. The van der Waals surface area contributed by atoms with Crippen molar-refractivity contribution in [2.45, 2.75) is 13.5 Å². The van der Waals surface area contributed by atoms with Crippen LogP contribution >= 0.6 is 22.9 Å². The number of benzene rings is 1. The number of hydrogen-bond donors (Lipinski definition) is 0. The van der Waals surface area contributed by atoms with Crippen LogP contribution in [0.1, 0.15) is 21.4 Å². The predicted octanol–water partition coefficient (Wildman–Crippen LogP) is 3.60. The van der Waals surface area contributed by atoms with Gasteiger partial charge in [-0.1, -0.05) is 35.0 Å². The van der Waals surface area contributed by atoms with E-state index in [1.807, 2.05) is 24.3 Å². The smallest absolute Gasteiger partial charge is 0.350 e. The molecular weight excluding hydrogens is 300 g/mol. The molecule has 0 N–H and O–H groups in total. The van der Waals surface area contributed by atoms with Gasteiger partial charge in [0.15, 0.2) is 12.4 Å². The molecule has 0 bridgehead atoms. The summed E-state index contributed by atoms with van der Waals surface area (Å²) in [4.78, 5) is 16.4. The number of esters is 1. The third kappa shape index (κ3) is 2.39. The van der Waals surface area contributed by atoms with Crippen molar-refractivity contribution in [2.75, 3.05) is 0 Å². The summed E-state index contributed by atoms with van der Waals surface area (Å²) >= 11 is 7.50. The van der Waals surface area contributed by atoms with E-state index in [1.165, 1.54) is 11.3 Å². The van der Waals surface area contributed by atoms with E-state index in [2.05, 4.69) is 10.1 Å². The summed E-state index contributed by atoms with van der Waals surface area (Å²) in [5, 5.41) is 4.88. The van der Waals surface area contributed by atoms with Crippen LogP contribution in [-0.4, -0.2) is 16.1 Å². The molecule has 0 saturated heterocycles. The monoisotopic (exact) mass is 308 g/mol. The van der Waals surface area contributed by atoms with E-state index in [4.69, 9.17) is 20.9 Å². The molecule has 2 heterocycles. The quantitative estimate of drug-likeness (QED) is 0.692. The van der Waals surface area contributed by atoms with Gasteiger partial charge in [-0.3, -0.25) is 0 Å². The van der Waals surface area contributed by atoms with Crippen molar-refractivity contribution < 1.29 is 14.1 Å². The van der Waals surface area contributed by atoms with E-state index in [0.717, 1.165) is 10.1 Å². The highest BCUT2D eigenvalue weighted by Crippen LogP contribution is 2.35. The molecule has 5 nitrogen and oxygen atoms in total. The standard InChI is InChI=1S/C13H9ClN2O3S/c1-7-15-10(19-16-7)6-18-13(17)12-11(14)8-4-2-3-5-9(8)20-12/h2-5H,6H2,1H3. The highest BCUT2D eigenvalue weighted by atomic mass is 35.5. The first-order chi connectivity index (χ1) is 9.65. The van der Waals surface area contributed by atoms with Crippen LogP contribution in [-0.2, 0) is 11.3 Å². The third-order valence-electron chi connectivity index (χ3n) is 2.62. The topological polar surface area (TPSA) is 65.2 Å². The zero-order chi connectivity index (χ0) is 14.1. The zero-order valence-electron chi connectivity index (χ0n) is 10.4. The molecule has 0 amide bonds. The fourth-order valence-electron chi connectivity index (χ4n) is 1.74. The van der Waals surface area contributed by atoms with Gasteiger partial charge in [-0.15, -0.1) is 11.3 Å². The summed E-state index contributed by atoms with van der Waals surface area (Å²) in [7, 11) is 0. The van der Waals surface area contributed by atoms with Crippen LogP contribution in [0.25, 0.3) is 10.1 Å². The van der Waals surface area contributed by atoms with Crippen molar-refractivity contribution in [1.29, 1.82) is 0 Å². The average Bonchev–Trinajstić information content (AvgIpc) is 3.01. The molecule has 0 fully saturated rings. The van der Waals surface area contributed by atoms with Gasteiger partial charge in [0, 0.05) is 10.1 Å². The lowest BCUT2D eigenvalue weighted by Gasteiger charge is -1.99. The Kier molecular flexibility index (Phi) is 3.42. The first-order valence-corrected chi connectivity index (χ1v) is 6.98. The Labute approximate surface area is 123 Å². The fourth-order valence-corrected chi connectivity index (χ4v) is 3.14. The average molecular weight is 309 g/mol. The van der Waals surface area contributed by atoms with Gasteiger partial charge in [0.05, 0.1) is 5.02 Å². The van der Waals surface area contributed by atoms with Crippen LogP contribution in [0.5, 0.6) is 0 Å². The Morgan fingerprint density at radius 1 is 1.45 bits per heavy atom. The van der Waals surface area contributed by atoms with Crippen molar-refractivity contribution in [3.05, 3.63) is 45.9 Å². The Balaban J connectivity index is 1.80. The minimum absolute atomic E-state index is 0.0652. The number of aryl methyl sites for hydroxylation is 1. The maximum Gasteiger partial charge on any atom is 0.350 e. The molecule has 0 atom stereocenters. The van der Waals surface area contributed by atoms with Crippen LogP contribution in [0.3, 0.4) is 0 Å². The SMILES string of the molecule is Cc1noc(COC(=O)c2sc3ccccc3c2Cl)n1. The highest BCUT2D eigenvalue weighted by Gasteiger charge is 2.19. The Morgan fingerprint density at radius 2 is 2.25 bits per heavy atom. The zero-order valence-corrected chi connectivity index (χ0v) is 12.0. The van der Waals surface area contributed by atoms with Crippen LogP contribution in [0.4, 0.5) is 0 Å². The van der Waals surface area contributed by atoms with Gasteiger partial charge in [-0.05, 0) is 13.0 Å². The first-order valence-electron chi connectivity index (χ1n) is 5.78. The van der Waals surface area contributed by atoms with Crippen LogP contribution in [0, 0.1) is 6.92 Å². The molecule has 1 aromatic carbocycles. The van der Waals surface area contributed by atoms with Gasteiger partial charge in [0.2, 0.25) is 0 Å². The minimum atomic E-state index is -0.493. The Morgan fingerprint density at radius 3 is 2.95 bits per heavy atom. The second-order valence-corrected chi connectivity index (χ2v) is 5.48. The lowest BCUT2D eigenvalue weighted by molar-refractivity contribution is 0.0436. The summed E-state index contributed by atoms with van der Waals surface area (Å²) in [6, 6.07) is 7.54. The molecule has 3 rings (SSSR count). The van der Waals surface area contributed by atoms with Crippen molar-refractivity contribution in [1.82, 2.24) is 10.1 Å². The second-order valence-electron chi connectivity index (χ2n) is 4.05. The molecular formula is C13H9ClN2O3S.